The summed E-state index contributed by atoms with van der Waals surface area (Å²) in [5, 5.41) is 8.10. The highest BCUT2D eigenvalue weighted by atomic mass is 35.5. The van der Waals surface area contributed by atoms with Crippen LogP contribution in [0.25, 0.3) is 11.5 Å². The van der Waals surface area contributed by atoms with Crippen molar-refractivity contribution in [2.75, 3.05) is 32.5 Å². The zero-order chi connectivity index (χ0) is 19.8. The molecule has 0 spiro atoms. The zero-order valence-electron chi connectivity index (χ0n) is 15.1. The molecule has 3 aromatic rings. The summed E-state index contributed by atoms with van der Waals surface area (Å²) in [4.78, 5) is 20.2. The Morgan fingerprint density at radius 3 is 2.61 bits per heavy atom. The van der Waals surface area contributed by atoms with E-state index in [0.717, 1.165) is 0 Å². The molecule has 0 radical (unpaired) electrons. The molecule has 2 aromatic heterocycles. The highest BCUT2D eigenvalue weighted by molar-refractivity contribution is 6.29. The minimum atomic E-state index is -0.358. The Hall–Kier alpha value is -2.98. The fourth-order valence-corrected chi connectivity index (χ4v) is 3.04. The number of aromatic nitrogens is 4. The molecule has 9 nitrogen and oxygen atoms in total. The quantitative estimate of drug-likeness (QED) is 0.658. The lowest BCUT2D eigenvalue weighted by Gasteiger charge is -2.26. The fourth-order valence-electron chi connectivity index (χ4n) is 2.81. The van der Waals surface area contributed by atoms with Gasteiger partial charge in [0.1, 0.15) is 25.8 Å². The molecule has 0 unspecified atom stereocenters. The van der Waals surface area contributed by atoms with Crippen LogP contribution in [0.4, 0.5) is 10.2 Å². The normalized spacial score (nSPS) is 14.8. The van der Waals surface area contributed by atoms with Crippen LogP contribution < -0.4 is 4.90 Å². The highest BCUT2D eigenvalue weighted by Crippen LogP contribution is 2.28. The van der Waals surface area contributed by atoms with E-state index in [0.29, 0.717) is 17.1 Å². The molecule has 0 saturated carbocycles. The highest BCUT2D eigenvalue weighted by Gasteiger charge is 2.30. The summed E-state index contributed by atoms with van der Waals surface area (Å²) >= 11 is 6.29. The van der Waals surface area contributed by atoms with Crippen LogP contribution in [0.5, 0.6) is 0 Å². The van der Waals surface area contributed by atoms with Crippen molar-refractivity contribution >= 4 is 23.3 Å². The summed E-state index contributed by atoms with van der Waals surface area (Å²) in [5.41, 5.74) is 0.889. The van der Waals surface area contributed by atoms with Gasteiger partial charge in [0.05, 0.1) is 0 Å². The number of imidazole rings is 1. The average Bonchev–Trinajstić information content (AvgIpc) is 3.26. The standard InChI is InChI=1S/C17H16ClFN6O3/c1-23-8-27-9-24(2)16(26)13-14(23)20-17(18)25(13)7-12-21-22-15(28-12)10-3-5-11(19)6-4-10/h3-6H,7-9H2,1-2H3. The van der Waals surface area contributed by atoms with Crippen LogP contribution in [0.15, 0.2) is 28.7 Å². The van der Waals surface area contributed by atoms with E-state index in [-0.39, 0.29) is 48.8 Å². The van der Waals surface area contributed by atoms with E-state index in [9.17, 15) is 9.18 Å². The first-order valence-corrected chi connectivity index (χ1v) is 8.70. The summed E-state index contributed by atoms with van der Waals surface area (Å²) in [7, 11) is 3.38. The molecule has 0 atom stereocenters. The molecular weight excluding hydrogens is 391 g/mol. The number of carbonyl (C=O) groups excluding carboxylic acids is 1. The predicted octanol–water partition coefficient (Wildman–Crippen LogP) is 2.23. The van der Waals surface area contributed by atoms with Crippen molar-refractivity contribution in [2.24, 2.45) is 0 Å². The van der Waals surface area contributed by atoms with E-state index in [1.165, 1.54) is 21.6 Å². The largest absolute Gasteiger partial charge is 0.419 e. The van der Waals surface area contributed by atoms with Gasteiger partial charge in [0.15, 0.2) is 11.5 Å². The summed E-state index contributed by atoms with van der Waals surface area (Å²) in [6.07, 6.45) is 0. The number of ether oxygens (including phenoxy) is 1. The van der Waals surface area contributed by atoms with Crippen molar-refractivity contribution in [3.05, 3.63) is 47.0 Å². The molecule has 28 heavy (non-hydrogen) atoms. The molecule has 1 aromatic carbocycles. The summed E-state index contributed by atoms with van der Waals surface area (Å²) in [6.45, 7) is 0.456. The van der Waals surface area contributed by atoms with Crippen LogP contribution in [0.1, 0.15) is 16.4 Å². The van der Waals surface area contributed by atoms with Crippen molar-refractivity contribution in [1.82, 2.24) is 24.6 Å². The molecule has 0 N–H and O–H groups in total. The number of anilines is 1. The lowest BCUT2D eigenvalue weighted by molar-refractivity contribution is 0.0312. The monoisotopic (exact) mass is 406 g/mol. The minimum Gasteiger partial charge on any atom is -0.419 e. The maximum absolute atomic E-state index is 13.1. The van der Waals surface area contributed by atoms with Crippen LogP contribution in [0, 0.1) is 5.82 Å². The number of rotatable bonds is 3. The Morgan fingerprint density at radius 2 is 1.86 bits per heavy atom. The van der Waals surface area contributed by atoms with Gasteiger partial charge in [0.2, 0.25) is 17.1 Å². The van der Waals surface area contributed by atoms with Gasteiger partial charge >= 0.3 is 0 Å². The number of benzene rings is 1. The van der Waals surface area contributed by atoms with Crippen molar-refractivity contribution < 1.29 is 18.3 Å². The van der Waals surface area contributed by atoms with E-state index in [4.69, 9.17) is 20.8 Å². The van der Waals surface area contributed by atoms with Gasteiger partial charge in [-0.05, 0) is 35.9 Å². The summed E-state index contributed by atoms with van der Waals surface area (Å²) < 4.78 is 25.7. The molecule has 11 heteroatoms. The van der Waals surface area contributed by atoms with Gasteiger partial charge in [-0.2, -0.15) is 4.98 Å². The number of hydrogen-bond donors (Lipinski definition) is 0. The zero-order valence-corrected chi connectivity index (χ0v) is 15.9. The number of halogens is 2. The second-order valence-electron chi connectivity index (χ2n) is 6.31. The second-order valence-corrected chi connectivity index (χ2v) is 6.65. The molecular formula is C17H16ClFN6O3. The van der Waals surface area contributed by atoms with Gasteiger partial charge in [0.25, 0.3) is 5.91 Å². The second kappa shape index (κ2) is 7.21. The third-order valence-corrected chi connectivity index (χ3v) is 4.52. The Morgan fingerprint density at radius 1 is 1.14 bits per heavy atom. The maximum Gasteiger partial charge on any atom is 0.276 e. The third-order valence-electron chi connectivity index (χ3n) is 4.23. The summed E-state index contributed by atoms with van der Waals surface area (Å²) in [5.74, 6) is 0.225. The molecule has 1 aliphatic rings. The molecule has 0 fully saturated rings. The van der Waals surface area contributed by atoms with Gasteiger partial charge in [-0.15, -0.1) is 10.2 Å². The number of nitrogens with zero attached hydrogens (tertiary/aromatic N) is 6. The molecule has 0 bridgehead atoms. The van der Waals surface area contributed by atoms with Gasteiger partial charge in [-0.1, -0.05) is 0 Å². The van der Waals surface area contributed by atoms with E-state index >= 15 is 0 Å². The Kier molecular flexibility index (Phi) is 4.73. The first kappa shape index (κ1) is 18.4. The predicted molar refractivity (Wildman–Crippen MR) is 97.3 cm³/mol. The maximum atomic E-state index is 13.1. The molecule has 1 aliphatic heterocycles. The van der Waals surface area contributed by atoms with E-state index in [1.807, 2.05) is 0 Å². The topological polar surface area (TPSA) is 89.5 Å². The molecule has 0 aliphatic carbocycles. The van der Waals surface area contributed by atoms with Crippen molar-refractivity contribution in [2.45, 2.75) is 6.54 Å². The number of carbonyl (C=O) groups is 1. The number of fused-ring (bicyclic) bond motifs is 1. The SMILES string of the molecule is CN1COCN(C)c2nc(Cl)n(Cc3nnc(-c4ccc(F)cc4)o3)c2C1=O. The van der Waals surface area contributed by atoms with E-state index in [1.54, 1.807) is 31.1 Å². The van der Waals surface area contributed by atoms with E-state index in [2.05, 4.69) is 15.2 Å². The van der Waals surface area contributed by atoms with Crippen LogP contribution in [0.3, 0.4) is 0 Å². The first-order valence-electron chi connectivity index (χ1n) is 8.32. The lowest BCUT2D eigenvalue weighted by Crippen LogP contribution is -2.37. The molecule has 146 valence electrons. The van der Waals surface area contributed by atoms with E-state index < -0.39 is 0 Å². The van der Waals surface area contributed by atoms with Gasteiger partial charge in [-0.3, -0.25) is 9.36 Å². The number of hydrogen-bond acceptors (Lipinski definition) is 7. The Bertz CT molecular complexity index is 1020. The fraction of sp³-hybridized carbons (Fsp3) is 0.294. The smallest absolute Gasteiger partial charge is 0.276 e. The van der Waals surface area contributed by atoms with Crippen molar-refractivity contribution in [1.29, 1.82) is 0 Å². The van der Waals surface area contributed by atoms with Crippen molar-refractivity contribution in [3.8, 4) is 11.5 Å². The molecule has 0 saturated heterocycles. The third kappa shape index (κ3) is 3.32. The first-order chi connectivity index (χ1) is 13.4. The minimum absolute atomic E-state index is 0.0592. The van der Waals surface area contributed by atoms with Gasteiger partial charge in [0, 0.05) is 19.7 Å². The van der Waals surface area contributed by atoms with Crippen LogP contribution in [0.2, 0.25) is 5.28 Å². The molecule has 3 heterocycles. The molecule has 1 amide bonds. The number of amides is 1. The Balaban J connectivity index is 1.68. The molecule has 4 rings (SSSR count). The van der Waals surface area contributed by atoms with Gasteiger partial charge < -0.3 is 19.0 Å². The Labute approximate surface area is 164 Å². The lowest BCUT2D eigenvalue weighted by atomic mass is 10.2. The summed E-state index contributed by atoms with van der Waals surface area (Å²) in [6, 6.07) is 5.70. The van der Waals surface area contributed by atoms with Crippen LogP contribution >= 0.6 is 11.6 Å². The van der Waals surface area contributed by atoms with Crippen molar-refractivity contribution in [3.63, 3.8) is 0 Å². The van der Waals surface area contributed by atoms with Crippen LogP contribution in [-0.4, -0.2) is 58.1 Å². The average molecular weight is 407 g/mol. The van der Waals surface area contributed by atoms with Crippen LogP contribution in [-0.2, 0) is 11.3 Å². The van der Waals surface area contributed by atoms with Gasteiger partial charge in [-0.25, -0.2) is 4.39 Å².